The highest BCUT2D eigenvalue weighted by Gasteiger charge is 2.36. The zero-order chi connectivity index (χ0) is 12.9. The van der Waals surface area contributed by atoms with Gasteiger partial charge in [-0.15, -0.1) is 0 Å². The van der Waals surface area contributed by atoms with Crippen molar-refractivity contribution in [3.05, 3.63) is 0 Å². The molecule has 0 radical (unpaired) electrons. The van der Waals surface area contributed by atoms with Crippen molar-refractivity contribution in [1.29, 1.82) is 0 Å². The molecule has 3 N–H and O–H groups in total. The van der Waals surface area contributed by atoms with E-state index >= 15 is 0 Å². The molecule has 2 unspecified atom stereocenters. The van der Waals surface area contributed by atoms with Crippen LogP contribution in [0.25, 0.3) is 0 Å². The summed E-state index contributed by atoms with van der Waals surface area (Å²) in [6.45, 7) is 5.92. The molecule has 1 rings (SSSR count). The Labute approximate surface area is 102 Å². The molecule has 0 saturated carbocycles. The maximum absolute atomic E-state index is 12.0. The van der Waals surface area contributed by atoms with Crippen molar-refractivity contribution < 1.29 is 14.7 Å². The van der Waals surface area contributed by atoms with Crippen LogP contribution >= 0.6 is 0 Å². The van der Waals surface area contributed by atoms with Gasteiger partial charge < -0.3 is 15.7 Å². The smallest absolute Gasteiger partial charge is 0.303 e. The quantitative estimate of drug-likeness (QED) is 0.637. The van der Waals surface area contributed by atoms with Gasteiger partial charge in [-0.05, 0) is 25.8 Å². The van der Waals surface area contributed by atoms with Gasteiger partial charge in [-0.1, -0.05) is 13.3 Å². The Morgan fingerprint density at radius 2 is 2.24 bits per heavy atom. The fourth-order valence-corrected chi connectivity index (χ4v) is 2.07. The van der Waals surface area contributed by atoms with Crippen molar-refractivity contribution in [3.63, 3.8) is 0 Å². The first kappa shape index (κ1) is 14.0. The molecule has 5 heteroatoms. The molecule has 0 aromatic heterocycles. The largest absolute Gasteiger partial charge is 0.481 e. The van der Waals surface area contributed by atoms with Gasteiger partial charge in [0.05, 0.1) is 5.41 Å². The second-order valence-corrected chi connectivity index (χ2v) is 5.07. The first-order valence-corrected chi connectivity index (χ1v) is 6.19. The minimum atomic E-state index is -0.806. The van der Waals surface area contributed by atoms with Gasteiger partial charge in [0.1, 0.15) is 0 Å². The standard InChI is InChI=1S/C12H22N2O3/c1-3-9(6-10(15)16)7-14-11(17)12(2)4-5-13-8-12/h9,13H,3-8H2,1-2H3,(H,14,17)(H,15,16). The van der Waals surface area contributed by atoms with Gasteiger partial charge in [0.25, 0.3) is 0 Å². The molecule has 0 bridgehead atoms. The van der Waals surface area contributed by atoms with E-state index in [0.29, 0.717) is 13.1 Å². The summed E-state index contributed by atoms with van der Waals surface area (Å²) in [5.41, 5.74) is -0.332. The number of aliphatic carboxylic acids is 1. The van der Waals surface area contributed by atoms with Gasteiger partial charge in [-0.3, -0.25) is 9.59 Å². The highest BCUT2D eigenvalue weighted by atomic mass is 16.4. The third-order valence-electron chi connectivity index (χ3n) is 3.51. The summed E-state index contributed by atoms with van der Waals surface area (Å²) in [6.07, 6.45) is 1.72. The number of carbonyl (C=O) groups is 2. The Balaban J connectivity index is 2.38. The fraction of sp³-hybridized carbons (Fsp3) is 0.833. The lowest BCUT2D eigenvalue weighted by Crippen LogP contribution is -2.42. The minimum Gasteiger partial charge on any atom is -0.481 e. The van der Waals surface area contributed by atoms with Crippen LogP contribution in [0.5, 0.6) is 0 Å². The Morgan fingerprint density at radius 3 is 2.71 bits per heavy atom. The van der Waals surface area contributed by atoms with Crippen LogP contribution in [-0.2, 0) is 9.59 Å². The van der Waals surface area contributed by atoms with E-state index in [4.69, 9.17) is 5.11 Å². The SMILES string of the molecule is CCC(CNC(=O)C1(C)CCNC1)CC(=O)O. The van der Waals surface area contributed by atoms with Crippen molar-refractivity contribution in [2.45, 2.75) is 33.1 Å². The van der Waals surface area contributed by atoms with Crippen LogP contribution in [0, 0.1) is 11.3 Å². The van der Waals surface area contributed by atoms with Gasteiger partial charge >= 0.3 is 5.97 Å². The predicted molar refractivity (Wildman–Crippen MR) is 64.6 cm³/mol. The zero-order valence-electron chi connectivity index (χ0n) is 10.6. The number of carbonyl (C=O) groups excluding carboxylic acids is 1. The van der Waals surface area contributed by atoms with E-state index in [-0.39, 0.29) is 23.7 Å². The first-order chi connectivity index (χ1) is 7.98. The molecule has 1 aliphatic heterocycles. The molecule has 1 amide bonds. The summed E-state index contributed by atoms with van der Waals surface area (Å²) >= 11 is 0. The number of nitrogens with one attached hydrogen (secondary N) is 2. The molecule has 0 aliphatic carbocycles. The second kappa shape index (κ2) is 6.00. The van der Waals surface area contributed by atoms with Crippen molar-refractivity contribution >= 4 is 11.9 Å². The van der Waals surface area contributed by atoms with E-state index in [1.165, 1.54) is 0 Å². The summed E-state index contributed by atoms with van der Waals surface area (Å²) < 4.78 is 0. The van der Waals surface area contributed by atoms with E-state index < -0.39 is 5.97 Å². The topological polar surface area (TPSA) is 78.4 Å². The van der Waals surface area contributed by atoms with Gasteiger partial charge in [-0.25, -0.2) is 0 Å². The average molecular weight is 242 g/mol. The van der Waals surface area contributed by atoms with Crippen molar-refractivity contribution in [3.8, 4) is 0 Å². The summed E-state index contributed by atoms with van der Waals surface area (Å²) in [5.74, 6) is -0.749. The summed E-state index contributed by atoms with van der Waals surface area (Å²) in [4.78, 5) is 22.6. The molecular formula is C12H22N2O3. The lowest BCUT2D eigenvalue weighted by molar-refractivity contribution is -0.138. The van der Waals surface area contributed by atoms with E-state index in [9.17, 15) is 9.59 Å². The van der Waals surface area contributed by atoms with E-state index in [1.54, 1.807) is 0 Å². The Bertz CT molecular complexity index is 285. The van der Waals surface area contributed by atoms with Crippen LogP contribution in [0.15, 0.2) is 0 Å². The van der Waals surface area contributed by atoms with Crippen molar-refractivity contribution in [2.24, 2.45) is 11.3 Å². The monoisotopic (exact) mass is 242 g/mol. The van der Waals surface area contributed by atoms with Crippen LogP contribution < -0.4 is 10.6 Å². The number of amides is 1. The van der Waals surface area contributed by atoms with Gasteiger partial charge in [-0.2, -0.15) is 0 Å². The van der Waals surface area contributed by atoms with E-state index in [0.717, 1.165) is 19.4 Å². The number of rotatable bonds is 6. The van der Waals surface area contributed by atoms with Crippen LogP contribution in [0.3, 0.4) is 0 Å². The van der Waals surface area contributed by atoms with Gasteiger partial charge in [0.15, 0.2) is 0 Å². The summed E-state index contributed by atoms with van der Waals surface area (Å²) in [7, 11) is 0. The number of carboxylic acid groups (broad SMARTS) is 1. The van der Waals surface area contributed by atoms with E-state index in [2.05, 4.69) is 10.6 Å². The molecule has 1 heterocycles. The third kappa shape index (κ3) is 4.00. The molecule has 98 valence electrons. The fourth-order valence-electron chi connectivity index (χ4n) is 2.07. The highest BCUT2D eigenvalue weighted by molar-refractivity contribution is 5.82. The van der Waals surface area contributed by atoms with Crippen molar-refractivity contribution in [2.75, 3.05) is 19.6 Å². The lowest BCUT2D eigenvalue weighted by Gasteiger charge is -2.23. The lowest BCUT2D eigenvalue weighted by atomic mass is 9.88. The maximum Gasteiger partial charge on any atom is 0.303 e. The number of hydrogen-bond donors (Lipinski definition) is 3. The Hall–Kier alpha value is -1.10. The summed E-state index contributed by atoms with van der Waals surface area (Å²) in [5, 5.41) is 14.8. The molecular weight excluding hydrogens is 220 g/mol. The molecule has 1 aliphatic rings. The average Bonchev–Trinajstić information content (AvgIpc) is 2.71. The van der Waals surface area contributed by atoms with Crippen LogP contribution in [0.1, 0.15) is 33.1 Å². The van der Waals surface area contributed by atoms with Crippen molar-refractivity contribution in [1.82, 2.24) is 10.6 Å². The molecule has 0 aromatic carbocycles. The molecule has 17 heavy (non-hydrogen) atoms. The van der Waals surface area contributed by atoms with E-state index in [1.807, 2.05) is 13.8 Å². The molecule has 1 saturated heterocycles. The number of carboxylic acids is 1. The third-order valence-corrected chi connectivity index (χ3v) is 3.51. The maximum atomic E-state index is 12.0. The zero-order valence-corrected chi connectivity index (χ0v) is 10.6. The molecule has 1 fully saturated rings. The van der Waals surface area contributed by atoms with Crippen LogP contribution in [-0.4, -0.2) is 36.6 Å². The predicted octanol–water partition coefficient (Wildman–Crippen LogP) is 0.603. The highest BCUT2D eigenvalue weighted by Crippen LogP contribution is 2.24. The van der Waals surface area contributed by atoms with Crippen LogP contribution in [0.4, 0.5) is 0 Å². The second-order valence-electron chi connectivity index (χ2n) is 5.07. The minimum absolute atomic E-state index is 0.0226. The van der Waals surface area contributed by atoms with Gasteiger partial charge in [0, 0.05) is 19.5 Å². The first-order valence-electron chi connectivity index (χ1n) is 6.19. The van der Waals surface area contributed by atoms with Gasteiger partial charge in [0.2, 0.25) is 5.91 Å². The normalized spacial score (nSPS) is 25.5. The van der Waals surface area contributed by atoms with Crippen LogP contribution in [0.2, 0.25) is 0 Å². The molecule has 0 aromatic rings. The molecule has 2 atom stereocenters. The number of hydrogen-bond acceptors (Lipinski definition) is 3. The molecule has 0 spiro atoms. The Kier molecular flexibility index (Phi) is 4.93. The summed E-state index contributed by atoms with van der Waals surface area (Å²) in [6, 6.07) is 0. The molecule has 5 nitrogen and oxygen atoms in total. The Morgan fingerprint density at radius 1 is 1.53 bits per heavy atom.